The number of rotatable bonds is 10. The molecule has 13 heteroatoms. The van der Waals surface area contributed by atoms with Crippen LogP contribution in [0.5, 0.6) is 0 Å². The molecule has 2 N–H and O–H groups in total. The molecule has 2 bridgehead atoms. The van der Waals surface area contributed by atoms with Gasteiger partial charge in [-0.15, -0.1) is 0 Å². The third-order valence-electron chi connectivity index (χ3n) is 14.0. The lowest BCUT2D eigenvalue weighted by Gasteiger charge is -2.62. The number of hydrogen-bond acceptors (Lipinski definition) is 9. The second-order valence-corrected chi connectivity index (χ2v) is 18.7. The van der Waals surface area contributed by atoms with Gasteiger partial charge in [-0.25, -0.2) is 8.37 Å². The van der Waals surface area contributed by atoms with Crippen LogP contribution in [0.4, 0.5) is 0 Å². The number of fused-ring (bicyclic) bond motifs is 10. The Labute approximate surface area is 276 Å². The highest BCUT2D eigenvalue weighted by atomic mass is 32.3. The smallest absolute Gasteiger partial charge is 0.324 e. The van der Waals surface area contributed by atoms with Crippen LogP contribution >= 0.6 is 0 Å². The molecule has 46 heavy (non-hydrogen) atoms. The summed E-state index contributed by atoms with van der Waals surface area (Å²) in [5, 5.41) is 0. The Morgan fingerprint density at radius 2 is 1.54 bits per heavy atom. The lowest BCUT2D eigenvalue weighted by molar-refractivity contribution is -0.403. The van der Waals surface area contributed by atoms with Crippen molar-refractivity contribution >= 4 is 20.8 Å². The van der Waals surface area contributed by atoms with Crippen LogP contribution in [-0.4, -0.2) is 61.9 Å². The molecule has 6 rings (SSSR count). The van der Waals surface area contributed by atoms with Crippen molar-refractivity contribution in [3.63, 3.8) is 0 Å². The Kier molecular flexibility index (Phi) is 9.14. The third-order valence-corrected chi connectivity index (χ3v) is 14.9. The molecule has 0 aromatic heterocycles. The van der Waals surface area contributed by atoms with Crippen molar-refractivity contribution in [2.75, 3.05) is 0 Å². The minimum Gasteiger partial charge on any atom is -0.324 e. The van der Waals surface area contributed by atoms with Crippen molar-refractivity contribution in [1.82, 2.24) is 0 Å². The molecule has 2 saturated heterocycles. The first-order valence-corrected chi connectivity index (χ1v) is 20.4. The standard InChI is InChI=1S/C33H56O11S2/c1-8-13-33-40-26-17-24-22-11-10-21-16-25(42-45(34,35)36)27(43-46(37,38)39)18-31(21,6)23(22)12-14-30(24,5)29(26)32(7,44-33)28(41-33)15-20(9-2)19(3)4/h19-29H,8-18H2,1-7H3,(H,34,35,36)(H,37,38,39)/t20?,21-,22?,23?,24-,25-,26-,27-,28+,29?,30-,31-,32+,33?/m0/s1. The highest BCUT2D eigenvalue weighted by Crippen LogP contribution is 2.72. The molecule has 11 nitrogen and oxygen atoms in total. The van der Waals surface area contributed by atoms with Crippen molar-refractivity contribution in [1.29, 1.82) is 0 Å². The van der Waals surface area contributed by atoms with E-state index in [0.29, 0.717) is 30.1 Å². The molecule has 6 aliphatic rings. The lowest BCUT2D eigenvalue weighted by Crippen LogP contribution is -2.61. The van der Waals surface area contributed by atoms with E-state index < -0.39 is 44.6 Å². The van der Waals surface area contributed by atoms with Crippen molar-refractivity contribution in [2.45, 2.75) is 155 Å². The number of hydrogen-bond donors (Lipinski definition) is 2. The molecule has 0 aromatic carbocycles. The van der Waals surface area contributed by atoms with Gasteiger partial charge in [0, 0.05) is 12.3 Å². The molecule has 0 aromatic rings. The fourth-order valence-corrected chi connectivity index (χ4v) is 13.1. The zero-order chi connectivity index (χ0) is 33.7. The van der Waals surface area contributed by atoms with Gasteiger partial charge in [-0.3, -0.25) is 9.11 Å². The van der Waals surface area contributed by atoms with Gasteiger partial charge in [-0.1, -0.05) is 48.0 Å². The zero-order valence-corrected chi connectivity index (χ0v) is 30.1. The molecular weight excluding hydrogens is 636 g/mol. The summed E-state index contributed by atoms with van der Waals surface area (Å²) in [6.45, 7) is 15.9. The monoisotopic (exact) mass is 692 g/mol. The van der Waals surface area contributed by atoms with Gasteiger partial charge in [0.05, 0.1) is 12.2 Å². The summed E-state index contributed by atoms with van der Waals surface area (Å²) in [7, 11) is -9.74. The highest BCUT2D eigenvalue weighted by molar-refractivity contribution is 7.81. The summed E-state index contributed by atoms with van der Waals surface area (Å²) in [5.41, 5.74) is -0.881. The molecule has 266 valence electrons. The summed E-state index contributed by atoms with van der Waals surface area (Å²) in [6.07, 6.45) is 6.17. The van der Waals surface area contributed by atoms with Crippen LogP contribution in [0.3, 0.4) is 0 Å². The van der Waals surface area contributed by atoms with Crippen molar-refractivity contribution in [2.24, 2.45) is 52.3 Å². The summed E-state index contributed by atoms with van der Waals surface area (Å²) in [5.74, 6) is 1.26. The van der Waals surface area contributed by atoms with E-state index in [1.807, 2.05) is 0 Å². The molecule has 4 saturated carbocycles. The van der Waals surface area contributed by atoms with Crippen LogP contribution in [-0.2, 0) is 43.4 Å². The maximum atomic E-state index is 11.8. The van der Waals surface area contributed by atoms with Gasteiger partial charge in [-0.2, -0.15) is 16.8 Å². The Balaban J connectivity index is 1.30. The van der Waals surface area contributed by atoms with Gasteiger partial charge in [0.2, 0.25) is 0 Å². The summed E-state index contributed by atoms with van der Waals surface area (Å²) >= 11 is 0. The average molecular weight is 693 g/mol. The Hall–Kier alpha value is -0.380. The number of ether oxygens (including phenoxy) is 3. The largest absolute Gasteiger partial charge is 0.397 e. The van der Waals surface area contributed by atoms with E-state index in [4.69, 9.17) is 22.6 Å². The van der Waals surface area contributed by atoms with E-state index in [2.05, 4.69) is 48.5 Å². The highest BCUT2D eigenvalue weighted by Gasteiger charge is 2.74. The molecule has 2 aliphatic heterocycles. The molecule has 14 atom stereocenters. The Morgan fingerprint density at radius 1 is 0.870 bits per heavy atom. The molecule has 0 radical (unpaired) electrons. The lowest BCUT2D eigenvalue weighted by atomic mass is 9.44. The van der Waals surface area contributed by atoms with E-state index in [1.54, 1.807) is 0 Å². The summed E-state index contributed by atoms with van der Waals surface area (Å²) < 4.78 is 96.8. The maximum Gasteiger partial charge on any atom is 0.397 e. The zero-order valence-electron chi connectivity index (χ0n) is 28.5. The van der Waals surface area contributed by atoms with Gasteiger partial charge in [0.15, 0.2) is 0 Å². The Bertz CT molecular complexity index is 1370. The first-order chi connectivity index (χ1) is 21.3. The van der Waals surface area contributed by atoms with Crippen LogP contribution in [0.25, 0.3) is 0 Å². The van der Waals surface area contributed by atoms with Crippen LogP contribution in [0.2, 0.25) is 0 Å². The molecule has 2 heterocycles. The Morgan fingerprint density at radius 3 is 2.15 bits per heavy atom. The quantitative estimate of drug-likeness (QED) is 0.247. The van der Waals surface area contributed by atoms with Crippen molar-refractivity contribution in [3.05, 3.63) is 0 Å². The summed E-state index contributed by atoms with van der Waals surface area (Å²) in [4.78, 5) is 0. The molecule has 0 amide bonds. The van der Waals surface area contributed by atoms with Crippen molar-refractivity contribution in [3.8, 4) is 0 Å². The van der Waals surface area contributed by atoms with Crippen molar-refractivity contribution < 1.29 is 48.5 Å². The molecule has 5 unspecified atom stereocenters. The fraction of sp³-hybridized carbons (Fsp3) is 1.00. The van der Waals surface area contributed by atoms with E-state index in [0.717, 1.165) is 51.4 Å². The van der Waals surface area contributed by atoms with Gasteiger partial charge in [-0.05, 0) is 111 Å². The third kappa shape index (κ3) is 5.93. The molecule has 0 spiro atoms. The topological polar surface area (TPSA) is 155 Å². The first-order valence-electron chi connectivity index (χ1n) is 17.6. The SMILES string of the molecule is CCCC12O[C@H]3C[C@H]4C5CC[C@H]6C[C@H](OS(=O)(=O)O)[C@@H](OS(=O)(=O)O)C[C@]6(C)C5CC[C@]4(C)C3[C@](C)(O1)[C@@H](CC(CC)C(C)C)O2. The van der Waals surface area contributed by atoms with Gasteiger partial charge in [0.1, 0.15) is 17.8 Å². The molecule has 6 fully saturated rings. The minimum atomic E-state index is -4.89. The average Bonchev–Trinajstić information content (AvgIpc) is 3.33. The fourth-order valence-electron chi connectivity index (χ4n) is 12.1. The van der Waals surface area contributed by atoms with Crippen LogP contribution < -0.4 is 0 Å². The van der Waals surface area contributed by atoms with Gasteiger partial charge >= 0.3 is 20.8 Å². The van der Waals surface area contributed by atoms with E-state index in [-0.39, 0.29) is 53.6 Å². The predicted molar refractivity (Wildman–Crippen MR) is 169 cm³/mol. The second kappa shape index (κ2) is 11.9. The summed E-state index contributed by atoms with van der Waals surface area (Å²) in [6, 6.07) is 0. The van der Waals surface area contributed by atoms with Crippen LogP contribution in [0.15, 0.2) is 0 Å². The first kappa shape index (κ1) is 35.4. The predicted octanol–water partition coefficient (Wildman–Crippen LogP) is 6.34. The van der Waals surface area contributed by atoms with Gasteiger partial charge in [0.25, 0.3) is 5.97 Å². The molecular formula is C33H56O11S2. The maximum absolute atomic E-state index is 11.8. The van der Waals surface area contributed by atoms with Crippen LogP contribution in [0.1, 0.15) is 119 Å². The van der Waals surface area contributed by atoms with Crippen LogP contribution in [0, 0.1) is 52.3 Å². The second-order valence-electron chi connectivity index (χ2n) is 16.6. The van der Waals surface area contributed by atoms with Gasteiger partial charge < -0.3 is 14.2 Å². The molecule has 4 aliphatic carbocycles. The minimum absolute atomic E-state index is 0.0169. The van der Waals surface area contributed by atoms with E-state index in [9.17, 15) is 25.9 Å². The normalized spacial score (nSPS) is 49.2. The van der Waals surface area contributed by atoms with E-state index in [1.165, 1.54) is 0 Å². The van der Waals surface area contributed by atoms with E-state index >= 15 is 0 Å².